The lowest BCUT2D eigenvalue weighted by Gasteiger charge is -2.45. The Labute approximate surface area is 130 Å². The standard InChI is InChI=1S/C14H27NO7/c1-3-4-5-6-7-21-13(19)14(20)12(15-2)11(18)10(17)9(8-16)22-14/h9-12,15-18,20H,3-8H2,1-2H3/t9-,10-,11+,12-,14?/m1/s1. The number of aliphatic hydroxyl groups excluding tert-OH is 3. The van der Waals surface area contributed by atoms with Crippen molar-refractivity contribution in [3.05, 3.63) is 0 Å². The van der Waals surface area contributed by atoms with Crippen LogP contribution in [0.25, 0.3) is 0 Å². The number of rotatable bonds is 8. The minimum absolute atomic E-state index is 0.128. The van der Waals surface area contributed by atoms with E-state index in [1.54, 1.807) is 0 Å². The first-order valence-electron chi connectivity index (χ1n) is 7.64. The Morgan fingerprint density at radius 2 is 1.95 bits per heavy atom. The van der Waals surface area contributed by atoms with Crippen LogP contribution in [0, 0.1) is 0 Å². The topological polar surface area (TPSA) is 128 Å². The van der Waals surface area contributed by atoms with Gasteiger partial charge in [-0.05, 0) is 13.5 Å². The number of ether oxygens (including phenoxy) is 2. The zero-order valence-corrected chi connectivity index (χ0v) is 13.1. The monoisotopic (exact) mass is 321 g/mol. The van der Waals surface area contributed by atoms with Gasteiger partial charge in [0.05, 0.1) is 13.2 Å². The van der Waals surface area contributed by atoms with E-state index in [4.69, 9.17) is 14.6 Å². The third kappa shape index (κ3) is 4.15. The van der Waals surface area contributed by atoms with Gasteiger partial charge in [-0.2, -0.15) is 0 Å². The lowest BCUT2D eigenvalue weighted by Crippen LogP contribution is -2.72. The molecule has 0 aromatic carbocycles. The number of likely N-dealkylation sites (N-methyl/N-ethyl adjacent to an activating group) is 1. The van der Waals surface area contributed by atoms with Gasteiger partial charge < -0.3 is 35.2 Å². The quantitative estimate of drug-likeness (QED) is 0.270. The molecule has 5 atom stereocenters. The summed E-state index contributed by atoms with van der Waals surface area (Å²) in [5.41, 5.74) is 0. The fraction of sp³-hybridized carbons (Fsp3) is 0.929. The van der Waals surface area contributed by atoms with E-state index in [-0.39, 0.29) is 6.61 Å². The number of hydrogen-bond acceptors (Lipinski definition) is 8. The predicted molar refractivity (Wildman–Crippen MR) is 76.9 cm³/mol. The van der Waals surface area contributed by atoms with E-state index in [0.29, 0.717) is 6.42 Å². The van der Waals surface area contributed by atoms with E-state index in [0.717, 1.165) is 19.3 Å². The van der Waals surface area contributed by atoms with Gasteiger partial charge in [-0.25, -0.2) is 4.79 Å². The van der Waals surface area contributed by atoms with Crippen LogP contribution in [0.4, 0.5) is 0 Å². The summed E-state index contributed by atoms with van der Waals surface area (Å²) in [5.74, 6) is -3.52. The Balaban J connectivity index is 2.71. The molecule has 0 radical (unpaired) electrons. The molecule has 1 fully saturated rings. The molecule has 1 aliphatic heterocycles. The number of hydrogen-bond donors (Lipinski definition) is 5. The molecule has 1 rings (SSSR count). The Morgan fingerprint density at radius 3 is 2.50 bits per heavy atom. The van der Waals surface area contributed by atoms with E-state index in [1.165, 1.54) is 7.05 Å². The fourth-order valence-electron chi connectivity index (χ4n) is 2.51. The predicted octanol–water partition coefficient (Wildman–Crippen LogP) is -1.50. The van der Waals surface area contributed by atoms with E-state index in [2.05, 4.69) is 12.2 Å². The van der Waals surface area contributed by atoms with Crippen molar-refractivity contribution in [2.75, 3.05) is 20.3 Å². The summed E-state index contributed by atoms with van der Waals surface area (Å²) < 4.78 is 10.1. The molecule has 0 aromatic rings. The maximum atomic E-state index is 12.1. The molecule has 22 heavy (non-hydrogen) atoms. The minimum Gasteiger partial charge on any atom is -0.462 e. The van der Waals surface area contributed by atoms with Crippen LogP contribution in [0.1, 0.15) is 32.6 Å². The van der Waals surface area contributed by atoms with Gasteiger partial charge in [0, 0.05) is 0 Å². The highest BCUT2D eigenvalue weighted by Gasteiger charge is 2.58. The SMILES string of the molecule is CCCCCCOC(=O)C1(O)O[C@H](CO)[C@@H](O)[C@H](O)[C@H]1NC. The van der Waals surface area contributed by atoms with Gasteiger partial charge >= 0.3 is 5.97 Å². The summed E-state index contributed by atoms with van der Waals surface area (Å²) >= 11 is 0. The zero-order valence-electron chi connectivity index (χ0n) is 13.1. The second-order valence-corrected chi connectivity index (χ2v) is 5.48. The van der Waals surface area contributed by atoms with Crippen molar-refractivity contribution in [1.29, 1.82) is 0 Å². The molecule has 130 valence electrons. The maximum absolute atomic E-state index is 12.1. The molecular formula is C14H27NO7. The molecule has 0 aromatic heterocycles. The molecule has 1 unspecified atom stereocenters. The minimum atomic E-state index is -2.47. The van der Waals surface area contributed by atoms with Crippen molar-refractivity contribution in [3.8, 4) is 0 Å². The number of aliphatic hydroxyl groups is 4. The number of unbranched alkanes of at least 4 members (excludes halogenated alkanes) is 3. The molecule has 0 amide bonds. The molecule has 0 bridgehead atoms. The van der Waals surface area contributed by atoms with E-state index in [1.807, 2.05) is 0 Å². The summed E-state index contributed by atoms with van der Waals surface area (Å²) in [6.45, 7) is 1.54. The highest BCUT2D eigenvalue weighted by atomic mass is 16.7. The van der Waals surface area contributed by atoms with E-state index in [9.17, 15) is 20.1 Å². The van der Waals surface area contributed by atoms with Crippen LogP contribution in [-0.2, 0) is 14.3 Å². The van der Waals surface area contributed by atoms with Crippen molar-refractivity contribution in [1.82, 2.24) is 5.32 Å². The van der Waals surface area contributed by atoms with Gasteiger partial charge in [0.1, 0.15) is 24.4 Å². The fourth-order valence-corrected chi connectivity index (χ4v) is 2.51. The number of nitrogens with one attached hydrogen (secondary N) is 1. The molecule has 0 spiro atoms. The zero-order chi connectivity index (χ0) is 16.8. The third-order valence-electron chi connectivity index (χ3n) is 3.84. The highest BCUT2D eigenvalue weighted by molar-refractivity contribution is 5.79. The molecule has 8 nitrogen and oxygen atoms in total. The largest absolute Gasteiger partial charge is 0.462 e. The molecule has 1 saturated heterocycles. The van der Waals surface area contributed by atoms with Crippen LogP contribution in [0.15, 0.2) is 0 Å². The first kappa shape index (κ1) is 19.3. The van der Waals surface area contributed by atoms with Crippen LogP contribution in [0.2, 0.25) is 0 Å². The highest BCUT2D eigenvalue weighted by Crippen LogP contribution is 2.29. The lowest BCUT2D eigenvalue weighted by molar-refractivity contribution is -0.312. The summed E-state index contributed by atoms with van der Waals surface area (Å²) in [6, 6.07) is -1.27. The van der Waals surface area contributed by atoms with Crippen molar-refractivity contribution in [2.24, 2.45) is 0 Å². The van der Waals surface area contributed by atoms with E-state index < -0.39 is 42.7 Å². The number of esters is 1. The maximum Gasteiger partial charge on any atom is 0.368 e. The summed E-state index contributed by atoms with van der Waals surface area (Å²) in [5, 5.41) is 41.9. The first-order valence-corrected chi connectivity index (χ1v) is 7.64. The Hall–Kier alpha value is -0.770. The molecule has 0 saturated carbocycles. The Kier molecular flexibility index (Phi) is 7.67. The molecule has 8 heteroatoms. The van der Waals surface area contributed by atoms with Crippen LogP contribution in [0.5, 0.6) is 0 Å². The Bertz CT molecular complexity index is 354. The van der Waals surface area contributed by atoms with Gasteiger partial charge in [0.2, 0.25) is 0 Å². The van der Waals surface area contributed by atoms with Gasteiger partial charge in [-0.1, -0.05) is 26.2 Å². The lowest BCUT2D eigenvalue weighted by atomic mass is 9.90. The number of carbonyl (C=O) groups is 1. The summed E-state index contributed by atoms with van der Waals surface area (Å²) in [4.78, 5) is 12.1. The van der Waals surface area contributed by atoms with E-state index >= 15 is 0 Å². The molecule has 1 heterocycles. The second kappa shape index (κ2) is 8.76. The van der Waals surface area contributed by atoms with Crippen molar-refractivity contribution < 1.29 is 34.7 Å². The van der Waals surface area contributed by atoms with Crippen LogP contribution < -0.4 is 5.32 Å². The van der Waals surface area contributed by atoms with Gasteiger partial charge in [0.25, 0.3) is 5.79 Å². The van der Waals surface area contributed by atoms with Crippen molar-refractivity contribution in [2.45, 2.75) is 62.7 Å². The molecule has 5 N–H and O–H groups in total. The average Bonchev–Trinajstić information content (AvgIpc) is 2.51. The van der Waals surface area contributed by atoms with Gasteiger partial charge in [-0.15, -0.1) is 0 Å². The van der Waals surface area contributed by atoms with Crippen molar-refractivity contribution in [3.63, 3.8) is 0 Å². The average molecular weight is 321 g/mol. The summed E-state index contributed by atoms with van der Waals surface area (Å²) in [7, 11) is 1.41. The second-order valence-electron chi connectivity index (χ2n) is 5.48. The molecule has 0 aliphatic carbocycles. The molecular weight excluding hydrogens is 294 g/mol. The normalized spacial score (nSPS) is 35.4. The number of carbonyl (C=O) groups excluding carboxylic acids is 1. The van der Waals surface area contributed by atoms with Crippen LogP contribution in [0.3, 0.4) is 0 Å². The van der Waals surface area contributed by atoms with Gasteiger partial charge in [-0.3, -0.25) is 0 Å². The third-order valence-corrected chi connectivity index (χ3v) is 3.84. The first-order chi connectivity index (χ1) is 10.4. The Morgan fingerprint density at radius 1 is 1.27 bits per heavy atom. The van der Waals surface area contributed by atoms with Crippen LogP contribution in [-0.4, -0.2) is 76.8 Å². The van der Waals surface area contributed by atoms with Crippen LogP contribution >= 0.6 is 0 Å². The van der Waals surface area contributed by atoms with Crippen molar-refractivity contribution >= 4 is 5.97 Å². The van der Waals surface area contributed by atoms with Gasteiger partial charge in [0.15, 0.2) is 0 Å². The summed E-state index contributed by atoms with van der Waals surface area (Å²) in [6.07, 6.45) is -0.570. The smallest absolute Gasteiger partial charge is 0.368 e. The molecule has 1 aliphatic rings.